The normalized spacial score (nSPS) is 19.9. The van der Waals surface area contributed by atoms with Gasteiger partial charge in [0.1, 0.15) is 5.82 Å². The first-order chi connectivity index (χ1) is 13.9. The Labute approximate surface area is 169 Å². The van der Waals surface area contributed by atoms with E-state index in [2.05, 4.69) is 28.4 Å². The lowest BCUT2D eigenvalue weighted by Gasteiger charge is -2.26. The number of nitrogens with zero attached hydrogens (tertiary/aromatic N) is 2. The van der Waals surface area contributed by atoms with Crippen LogP contribution in [0.4, 0.5) is 5.82 Å². The van der Waals surface area contributed by atoms with Gasteiger partial charge >= 0.3 is 0 Å². The molecule has 0 radical (unpaired) electrons. The maximum Gasteiger partial charge on any atom is 0.130 e. The van der Waals surface area contributed by atoms with Gasteiger partial charge in [0.25, 0.3) is 0 Å². The molecule has 0 bridgehead atoms. The second-order valence-corrected chi connectivity index (χ2v) is 9.31. The number of nitrogens with one attached hydrogen (secondary N) is 1. The number of aryl methyl sites for hydroxylation is 2. The quantitative estimate of drug-likeness (QED) is 0.628. The molecule has 2 aliphatic carbocycles. The minimum Gasteiger partial charge on any atom is -0.370 e. The Balaban J connectivity index is 1.28. The van der Waals surface area contributed by atoms with Crippen molar-refractivity contribution in [2.24, 2.45) is 5.92 Å². The molecule has 2 heterocycles. The third kappa shape index (κ3) is 3.91. The molecule has 1 N–H and O–H groups in total. The first-order valence-electron chi connectivity index (χ1n) is 11.8. The van der Waals surface area contributed by atoms with E-state index in [1.54, 1.807) is 5.56 Å². The van der Waals surface area contributed by atoms with E-state index in [1.807, 2.05) is 0 Å². The maximum absolute atomic E-state index is 5.11. The number of benzene rings is 1. The lowest BCUT2D eigenvalue weighted by atomic mass is 9.85. The summed E-state index contributed by atoms with van der Waals surface area (Å²) in [5.41, 5.74) is 5.75. The van der Waals surface area contributed by atoms with Crippen LogP contribution in [0.15, 0.2) is 18.2 Å². The lowest BCUT2D eigenvalue weighted by molar-refractivity contribution is 0.330. The lowest BCUT2D eigenvalue weighted by Crippen LogP contribution is -2.22. The van der Waals surface area contributed by atoms with Gasteiger partial charge in [-0.3, -0.25) is 0 Å². The summed E-state index contributed by atoms with van der Waals surface area (Å²) in [6, 6.07) is 7.09. The Morgan fingerprint density at radius 1 is 0.964 bits per heavy atom. The van der Waals surface area contributed by atoms with Crippen molar-refractivity contribution in [3.05, 3.63) is 34.9 Å². The predicted molar refractivity (Wildman–Crippen MR) is 118 cm³/mol. The molecule has 3 aliphatic rings. The Kier molecular flexibility index (Phi) is 5.53. The Hall–Kier alpha value is -1.61. The van der Waals surface area contributed by atoms with Crippen LogP contribution in [0.25, 0.3) is 10.9 Å². The number of anilines is 1. The molecule has 5 rings (SSSR count). The molecular formula is C25H35N3. The van der Waals surface area contributed by atoms with Crippen molar-refractivity contribution in [2.75, 3.05) is 31.5 Å². The number of hydrogen-bond acceptors (Lipinski definition) is 3. The van der Waals surface area contributed by atoms with Crippen LogP contribution in [0, 0.1) is 5.92 Å². The molecule has 0 spiro atoms. The van der Waals surface area contributed by atoms with E-state index in [0.29, 0.717) is 0 Å². The molecule has 28 heavy (non-hydrogen) atoms. The molecular weight excluding hydrogens is 342 g/mol. The molecule has 150 valence electrons. The van der Waals surface area contributed by atoms with Gasteiger partial charge in [-0.15, -0.1) is 0 Å². The largest absolute Gasteiger partial charge is 0.370 e. The predicted octanol–water partition coefficient (Wildman–Crippen LogP) is 5.35. The van der Waals surface area contributed by atoms with Crippen molar-refractivity contribution in [2.45, 2.75) is 70.6 Å². The van der Waals surface area contributed by atoms with Crippen LogP contribution in [0.3, 0.4) is 0 Å². The van der Waals surface area contributed by atoms with Gasteiger partial charge in [0.05, 0.1) is 5.52 Å². The van der Waals surface area contributed by atoms with Crippen LogP contribution in [-0.2, 0) is 19.3 Å². The van der Waals surface area contributed by atoms with Crippen LogP contribution in [-0.4, -0.2) is 36.1 Å². The van der Waals surface area contributed by atoms with E-state index in [-0.39, 0.29) is 0 Å². The number of fused-ring (bicyclic) bond motifs is 3. The Morgan fingerprint density at radius 3 is 2.64 bits per heavy atom. The molecule has 0 unspecified atom stereocenters. The number of rotatable bonds is 8. The molecule has 3 nitrogen and oxygen atoms in total. The summed E-state index contributed by atoms with van der Waals surface area (Å²) in [6.07, 6.45) is 14.5. The zero-order valence-electron chi connectivity index (χ0n) is 17.3. The summed E-state index contributed by atoms with van der Waals surface area (Å²) in [5.74, 6) is 2.06. The Morgan fingerprint density at radius 2 is 1.82 bits per heavy atom. The highest BCUT2D eigenvalue weighted by Gasteiger charge is 2.22. The summed E-state index contributed by atoms with van der Waals surface area (Å²) in [7, 11) is 0. The standard InChI is InChI=1S/C25H35N3/c1(2-14-28-15-3-4-16-28)7-19-12-13-22-21-10-6-11-23(21)25(27-24(22)17-19)26-18-20-8-5-9-20/h12-13,17,20H,1-11,14-16,18H2,(H,26,27). The second kappa shape index (κ2) is 8.41. The average molecular weight is 378 g/mol. The first kappa shape index (κ1) is 18.4. The third-order valence-electron chi connectivity index (χ3n) is 7.29. The van der Waals surface area contributed by atoms with E-state index in [0.717, 1.165) is 12.5 Å². The number of likely N-dealkylation sites (tertiary alicyclic amines) is 1. The van der Waals surface area contributed by atoms with Crippen molar-refractivity contribution >= 4 is 16.7 Å². The molecule has 0 atom stereocenters. The molecule has 3 heteroatoms. The van der Waals surface area contributed by atoms with Crippen LogP contribution in [0.2, 0.25) is 0 Å². The van der Waals surface area contributed by atoms with E-state index in [9.17, 15) is 0 Å². The van der Waals surface area contributed by atoms with Crippen molar-refractivity contribution < 1.29 is 0 Å². The number of hydrogen-bond donors (Lipinski definition) is 1. The maximum atomic E-state index is 5.11. The monoisotopic (exact) mass is 377 g/mol. The molecule has 1 aliphatic heterocycles. The highest BCUT2D eigenvalue weighted by atomic mass is 15.1. The summed E-state index contributed by atoms with van der Waals surface area (Å²) >= 11 is 0. The van der Waals surface area contributed by atoms with Crippen molar-refractivity contribution in [3.8, 4) is 0 Å². The fourth-order valence-electron chi connectivity index (χ4n) is 5.33. The van der Waals surface area contributed by atoms with Gasteiger partial charge in [-0.25, -0.2) is 4.98 Å². The fourth-order valence-corrected chi connectivity index (χ4v) is 5.33. The summed E-state index contributed by atoms with van der Waals surface area (Å²) in [5, 5.41) is 5.13. The van der Waals surface area contributed by atoms with Gasteiger partial charge in [-0.05, 0) is 113 Å². The van der Waals surface area contributed by atoms with Gasteiger partial charge in [0.2, 0.25) is 0 Å². The zero-order valence-corrected chi connectivity index (χ0v) is 17.3. The SMILES string of the molecule is c1cc2c3c(c(NCC4CCC4)nc2cc1CCCCN1CCCC1)CCC3. The molecule has 1 saturated heterocycles. The van der Waals surface area contributed by atoms with Crippen LogP contribution >= 0.6 is 0 Å². The van der Waals surface area contributed by atoms with Gasteiger partial charge in [0, 0.05) is 11.9 Å². The molecule has 2 fully saturated rings. The number of unbranched alkanes of at least 4 members (excludes halogenated alkanes) is 1. The van der Waals surface area contributed by atoms with Gasteiger partial charge in [-0.1, -0.05) is 18.6 Å². The van der Waals surface area contributed by atoms with Gasteiger partial charge in [0.15, 0.2) is 0 Å². The second-order valence-electron chi connectivity index (χ2n) is 9.31. The average Bonchev–Trinajstić information content (AvgIpc) is 3.36. The summed E-state index contributed by atoms with van der Waals surface area (Å²) in [6.45, 7) is 5.04. The van der Waals surface area contributed by atoms with Gasteiger partial charge < -0.3 is 10.2 Å². The topological polar surface area (TPSA) is 28.2 Å². The molecule has 2 aromatic rings. The van der Waals surface area contributed by atoms with Crippen LogP contribution in [0.1, 0.15) is 68.1 Å². The Bertz CT molecular complexity index is 818. The van der Waals surface area contributed by atoms with Crippen molar-refractivity contribution in [3.63, 3.8) is 0 Å². The summed E-state index contributed by atoms with van der Waals surface area (Å²) < 4.78 is 0. The number of aromatic nitrogens is 1. The van der Waals surface area contributed by atoms with E-state index in [4.69, 9.17) is 4.98 Å². The molecule has 1 saturated carbocycles. The van der Waals surface area contributed by atoms with Gasteiger partial charge in [-0.2, -0.15) is 0 Å². The molecule has 1 aromatic carbocycles. The highest BCUT2D eigenvalue weighted by molar-refractivity contribution is 5.87. The summed E-state index contributed by atoms with van der Waals surface area (Å²) in [4.78, 5) is 7.74. The smallest absolute Gasteiger partial charge is 0.130 e. The highest BCUT2D eigenvalue weighted by Crippen LogP contribution is 2.35. The van der Waals surface area contributed by atoms with E-state index < -0.39 is 0 Å². The minimum atomic E-state index is 0.872. The number of pyridine rings is 1. The molecule has 1 aromatic heterocycles. The third-order valence-corrected chi connectivity index (χ3v) is 7.29. The van der Waals surface area contributed by atoms with E-state index >= 15 is 0 Å². The first-order valence-corrected chi connectivity index (χ1v) is 11.8. The van der Waals surface area contributed by atoms with Crippen molar-refractivity contribution in [1.29, 1.82) is 0 Å². The van der Waals surface area contributed by atoms with Crippen LogP contribution < -0.4 is 5.32 Å². The van der Waals surface area contributed by atoms with E-state index in [1.165, 1.54) is 118 Å². The zero-order chi connectivity index (χ0) is 18.8. The van der Waals surface area contributed by atoms with Crippen LogP contribution in [0.5, 0.6) is 0 Å². The van der Waals surface area contributed by atoms with Crippen molar-refractivity contribution in [1.82, 2.24) is 9.88 Å². The molecule has 0 amide bonds. The minimum absolute atomic E-state index is 0.872. The fraction of sp³-hybridized carbons (Fsp3) is 0.640.